The third kappa shape index (κ3) is 5.72. The lowest BCUT2D eigenvalue weighted by Gasteiger charge is -2.32. The number of aryl methyl sites for hydroxylation is 1. The maximum atomic E-state index is 14.0. The minimum Gasteiger partial charge on any atom is -0.328 e. The van der Waals surface area contributed by atoms with Gasteiger partial charge in [0.2, 0.25) is 0 Å². The third-order valence-electron chi connectivity index (χ3n) is 6.86. The van der Waals surface area contributed by atoms with E-state index < -0.39 is 16.8 Å². The van der Waals surface area contributed by atoms with E-state index >= 15 is 0 Å². The molecule has 3 aromatic carbocycles. The fourth-order valence-electron chi connectivity index (χ4n) is 4.79. The van der Waals surface area contributed by atoms with E-state index in [9.17, 15) is 24.1 Å². The second-order valence-electron chi connectivity index (χ2n) is 9.49. The SMILES string of the molecule is CCCCCN(C(=O)c1ccc(C)c([N+](=O)[O-])c1)C(CC)c1nc2ccccc2c(=O)n1-c1ccc(F)cc1. The predicted molar refractivity (Wildman–Crippen MR) is 149 cm³/mol. The first kappa shape index (κ1) is 27.6. The molecular weight excluding hydrogens is 499 g/mol. The first-order valence-electron chi connectivity index (χ1n) is 13.1. The Morgan fingerprint density at radius 1 is 1.08 bits per heavy atom. The van der Waals surface area contributed by atoms with Crippen molar-refractivity contribution < 1.29 is 14.1 Å². The van der Waals surface area contributed by atoms with Crippen LogP contribution in [0.4, 0.5) is 10.1 Å². The molecule has 9 heteroatoms. The van der Waals surface area contributed by atoms with Crippen molar-refractivity contribution in [3.8, 4) is 5.69 Å². The average Bonchev–Trinajstić information content (AvgIpc) is 2.93. The molecule has 4 rings (SSSR count). The summed E-state index contributed by atoms with van der Waals surface area (Å²) in [5.74, 6) is -0.472. The van der Waals surface area contributed by atoms with Gasteiger partial charge in [-0.25, -0.2) is 9.37 Å². The van der Waals surface area contributed by atoms with Crippen molar-refractivity contribution in [2.75, 3.05) is 6.54 Å². The third-order valence-corrected chi connectivity index (χ3v) is 6.86. The van der Waals surface area contributed by atoms with Crippen LogP contribution in [0.1, 0.15) is 67.3 Å². The Kier molecular flexibility index (Phi) is 8.49. The van der Waals surface area contributed by atoms with Gasteiger partial charge in [-0.3, -0.25) is 24.3 Å². The molecule has 1 atom stereocenters. The van der Waals surface area contributed by atoms with E-state index in [4.69, 9.17) is 4.98 Å². The van der Waals surface area contributed by atoms with E-state index in [-0.39, 0.29) is 22.7 Å². The fourth-order valence-corrected chi connectivity index (χ4v) is 4.79. The summed E-state index contributed by atoms with van der Waals surface area (Å²) >= 11 is 0. The van der Waals surface area contributed by atoms with Gasteiger partial charge in [0.25, 0.3) is 17.2 Å². The van der Waals surface area contributed by atoms with Crippen molar-refractivity contribution in [3.05, 3.63) is 110 Å². The highest BCUT2D eigenvalue weighted by Crippen LogP contribution is 2.29. The largest absolute Gasteiger partial charge is 0.328 e. The number of rotatable bonds is 10. The number of nitrogens with zero attached hydrogens (tertiary/aromatic N) is 4. The second-order valence-corrected chi connectivity index (χ2v) is 9.49. The normalized spacial score (nSPS) is 11.9. The van der Waals surface area contributed by atoms with E-state index in [0.29, 0.717) is 47.4 Å². The highest BCUT2D eigenvalue weighted by atomic mass is 19.1. The molecule has 0 radical (unpaired) electrons. The number of nitro groups is 1. The van der Waals surface area contributed by atoms with Crippen molar-refractivity contribution in [1.29, 1.82) is 0 Å². The molecule has 0 aliphatic rings. The van der Waals surface area contributed by atoms with Gasteiger partial charge in [-0.1, -0.05) is 44.9 Å². The zero-order valence-corrected chi connectivity index (χ0v) is 22.3. The number of unbranched alkanes of at least 4 members (excludes halogenated alkanes) is 2. The predicted octanol–water partition coefficient (Wildman–Crippen LogP) is 6.53. The van der Waals surface area contributed by atoms with Crippen LogP contribution in [0, 0.1) is 22.9 Å². The van der Waals surface area contributed by atoms with Crippen LogP contribution in [0.25, 0.3) is 16.6 Å². The van der Waals surface area contributed by atoms with Crippen LogP contribution in [0.2, 0.25) is 0 Å². The quantitative estimate of drug-likeness (QED) is 0.132. The number of halogens is 1. The maximum absolute atomic E-state index is 14.0. The summed E-state index contributed by atoms with van der Waals surface area (Å²) in [6.45, 7) is 5.96. The number of aromatic nitrogens is 2. The number of amides is 1. The zero-order chi connectivity index (χ0) is 28.1. The Balaban J connectivity index is 1.92. The molecule has 0 fully saturated rings. The van der Waals surface area contributed by atoms with Gasteiger partial charge in [-0.2, -0.15) is 0 Å². The summed E-state index contributed by atoms with van der Waals surface area (Å²) in [5, 5.41) is 12.0. The molecule has 0 aliphatic carbocycles. The second kappa shape index (κ2) is 12.0. The van der Waals surface area contributed by atoms with E-state index in [1.165, 1.54) is 34.9 Å². The van der Waals surface area contributed by atoms with Crippen LogP contribution in [-0.2, 0) is 0 Å². The highest BCUT2D eigenvalue weighted by molar-refractivity contribution is 5.95. The monoisotopic (exact) mass is 530 g/mol. The molecule has 4 aromatic rings. The van der Waals surface area contributed by atoms with Crippen molar-refractivity contribution in [3.63, 3.8) is 0 Å². The molecule has 1 heterocycles. The van der Waals surface area contributed by atoms with Gasteiger partial charge in [-0.05, 0) is 62.2 Å². The van der Waals surface area contributed by atoms with Gasteiger partial charge >= 0.3 is 0 Å². The van der Waals surface area contributed by atoms with Crippen molar-refractivity contribution >= 4 is 22.5 Å². The van der Waals surface area contributed by atoms with Gasteiger partial charge in [0.15, 0.2) is 0 Å². The van der Waals surface area contributed by atoms with Gasteiger partial charge < -0.3 is 4.90 Å². The number of nitro benzene ring substituents is 1. The van der Waals surface area contributed by atoms with E-state index in [1.807, 2.05) is 6.92 Å². The smallest absolute Gasteiger partial charge is 0.273 e. The van der Waals surface area contributed by atoms with Crippen LogP contribution in [-0.4, -0.2) is 31.8 Å². The minimum atomic E-state index is -0.628. The molecule has 0 spiro atoms. The van der Waals surface area contributed by atoms with E-state index in [1.54, 1.807) is 48.2 Å². The Morgan fingerprint density at radius 2 is 1.79 bits per heavy atom. The average molecular weight is 531 g/mol. The molecule has 39 heavy (non-hydrogen) atoms. The lowest BCUT2D eigenvalue weighted by Crippen LogP contribution is -2.39. The summed E-state index contributed by atoms with van der Waals surface area (Å²) in [7, 11) is 0. The zero-order valence-electron chi connectivity index (χ0n) is 22.3. The minimum absolute atomic E-state index is 0.130. The molecule has 0 saturated heterocycles. The molecule has 1 amide bonds. The van der Waals surface area contributed by atoms with Gasteiger partial charge in [0.05, 0.1) is 27.6 Å². The summed E-state index contributed by atoms with van der Waals surface area (Å²) in [6.07, 6.45) is 2.95. The Hall–Kier alpha value is -4.40. The molecule has 1 aromatic heterocycles. The maximum Gasteiger partial charge on any atom is 0.273 e. The lowest BCUT2D eigenvalue weighted by atomic mass is 10.0. The molecule has 0 saturated carbocycles. The number of benzene rings is 3. The lowest BCUT2D eigenvalue weighted by molar-refractivity contribution is -0.385. The first-order chi connectivity index (χ1) is 18.8. The number of fused-ring (bicyclic) bond motifs is 1. The molecule has 202 valence electrons. The van der Waals surface area contributed by atoms with Crippen molar-refractivity contribution in [1.82, 2.24) is 14.5 Å². The van der Waals surface area contributed by atoms with Crippen molar-refractivity contribution in [2.24, 2.45) is 0 Å². The van der Waals surface area contributed by atoms with Crippen LogP contribution in [0.15, 0.2) is 71.5 Å². The Labute approximate surface area is 225 Å². The number of carbonyl (C=O) groups excluding carboxylic acids is 1. The van der Waals surface area contributed by atoms with Crippen LogP contribution in [0.5, 0.6) is 0 Å². The summed E-state index contributed by atoms with van der Waals surface area (Å²) in [6, 6.07) is 16.4. The molecular formula is C30H31FN4O4. The van der Waals surface area contributed by atoms with Gasteiger partial charge in [0, 0.05) is 23.7 Å². The number of para-hydroxylation sites is 1. The molecule has 8 nitrogen and oxygen atoms in total. The summed E-state index contributed by atoms with van der Waals surface area (Å²) < 4.78 is 15.2. The van der Waals surface area contributed by atoms with Crippen LogP contribution >= 0.6 is 0 Å². The molecule has 0 N–H and O–H groups in total. The van der Waals surface area contributed by atoms with Crippen molar-refractivity contribution in [2.45, 2.75) is 52.5 Å². The standard InChI is InChI=1S/C30H31FN4O4/c1-4-6-9-18-33(29(36)21-13-12-20(3)27(19-21)35(38)39)26(5-2)28-32-25-11-8-7-10-24(25)30(37)34(28)23-16-14-22(31)15-17-23/h7-8,10-17,19,26H,4-6,9,18H2,1-3H3. The van der Waals surface area contributed by atoms with Crippen LogP contribution in [0.3, 0.4) is 0 Å². The fraction of sp³-hybridized carbons (Fsp3) is 0.300. The highest BCUT2D eigenvalue weighted by Gasteiger charge is 2.30. The Morgan fingerprint density at radius 3 is 2.46 bits per heavy atom. The Bertz CT molecular complexity index is 1570. The number of hydrogen-bond donors (Lipinski definition) is 0. The summed E-state index contributed by atoms with van der Waals surface area (Å²) in [4.78, 5) is 45.4. The summed E-state index contributed by atoms with van der Waals surface area (Å²) in [5.41, 5.74) is 1.12. The van der Waals surface area contributed by atoms with E-state index in [2.05, 4.69) is 6.92 Å². The van der Waals surface area contributed by atoms with Crippen LogP contribution < -0.4 is 5.56 Å². The van der Waals surface area contributed by atoms with E-state index in [0.717, 1.165) is 12.8 Å². The number of carbonyl (C=O) groups is 1. The number of hydrogen-bond acceptors (Lipinski definition) is 5. The van der Waals surface area contributed by atoms with Gasteiger partial charge in [0.1, 0.15) is 11.6 Å². The molecule has 0 aliphatic heterocycles. The van der Waals surface area contributed by atoms with Gasteiger partial charge in [-0.15, -0.1) is 0 Å². The molecule has 1 unspecified atom stereocenters. The molecule has 0 bridgehead atoms. The topological polar surface area (TPSA) is 98.3 Å². The first-order valence-corrected chi connectivity index (χ1v) is 13.1.